The third-order valence-electron chi connectivity index (χ3n) is 6.93. The molecule has 0 aliphatic carbocycles. The monoisotopic (exact) mass is 687 g/mol. The molecule has 0 spiro atoms. The van der Waals surface area contributed by atoms with Gasteiger partial charge in [0, 0.05) is 33.8 Å². The summed E-state index contributed by atoms with van der Waals surface area (Å²) in [6.45, 7) is 7.08. The predicted octanol–water partition coefficient (Wildman–Crippen LogP) is 7.23. The molecule has 10 nitrogen and oxygen atoms in total. The first-order valence-electron chi connectivity index (χ1n) is 13.9. The molecule has 0 bridgehead atoms. The Bertz CT molecular complexity index is 2070. The Labute approximate surface area is 284 Å². The van der Waals surface area contributed by atoms with Crippen LogP contribution in [0.3, 0.4) is 0 Å². The number of fused-ring (bicyclic) bond motifs is 1. The van der Waals surface area contributed by atoms with Crippen LogP contribution in [0.25, 0.3) is 22.2 Å². The highest BCUT2D eigenvalue weighted by Gasteiger charge is 2.23. The number of benzene rings is 3. The van der Waals surface area contributed by atoms with E-state index in [4.69, 9.17) is 37.7 Å². The molecule has 5 aromatic rings. The van der Waals surface area contributed by atoms with E-state index in [9.17, 15) is 14.4 Å². The SMILES string of the molecule is C=CC(=O)Nc1ccc(Cn2c(=O)c(-c3c(Cl)c(OC)cc(OC)c3Cl)cc3cnc(Sc4ccccc4NC(=O)C=C)nc32)cc1. The molecule has 5 rings (SSSR count). The van der Waals surface area contributed by atoms with Gasteiger partial charge in [-0.25, -0.2) is 9.97 Å². The molecule has 0 saturated heterocycles. The lowest BCUT2D eigenvalue weighted by molar-refractivity contribution is -0.112. The lowest BCUT2D eigenvalue weighted by Gasteiger charge is -2.17. The summed E-state index contributed by atoms with van der Waals surface area (Å²) in [5.74, 6) is -0.157. The molecule has 238 valence electrons. The molecule has 0 saturated carbocycles. The Morgan fingerprint density at radius 1 is 0.936 bits per heavy atom. The second-order valence-corrected chi connectivity index (χ2v) is 11.6. The summed E-state index contributed by atoms with van der Waals surface area (Å²) in [5.41, 5.74) is 2.18. The molecule has 0 atom stereocenters. The molecule has 0 radical (unpaired) electrons. The summed E-state index contributed by atoms with van der Waals surface area (Å²) in [6, 6.07) is 17.4. The molecule has 0 unspecified atom stereocenters. The smallest absolute Gasteiger partial charge is 0.260 e. The fourth-order valence-electron chi connectivity index (χ4n) is 4.65. The van der Waals surface area contributed by atoms with E-state index < -0.39 is 5.56 Å². The predicted molar refractivity (Wildman–Crippen MR) is 186 cm³/mol. The van der Waals surface area contributed by atoms with Crippen molar-refractivity contribution >= 4 is 69.2 Å². The minimum atomic E-state index is -0.436. The third kappa shape index (κ3) is 7.17. The van der Waals surface area contributed by atoms with Gasteiger partial charge in [0.15, 0.2) is 5.16 Å². The van der Waals surface area contributed by atoms with Crippen LogP contribution >= 0.6 is 35.0 Å². The standard InChI is InChI=1S/C34H27Cl2N5O5S/c1-5-27(42)38-21-13-11-19(12-14-21)18-41-32-20(15-22(33(41)44)29-30(35)24(45-3)16-25(46-4)31(29)36)17-37-34(40-32)47-26-10-8-7-9-23(26)39-28(43)6-2/h5-17H,1-2,18H2,3-4H3,(H,38,42)(H,39,43). The summed E-state index contributed by atoms with van der Waals surface area (Å²) in [5, 5.41) is 6.62. The van der Waals surface area contributed by atoms with E-state index in [1.165, 1.54) is 42.7 Å². The zero-order chi connectivity index (χ0) is 33.7. The molecule has 0 fully saturated rings. The third-order valence-corrected chi connectivity index (χ3v) is 8.63. The highest BCUT2D eigenvalue weighted by atomic mass is 35.5. The van der Waals surface area contributed by atoms with Crippen molar-refractivity contribution in [2.24, 2.45) is 0 Å². The number of hydrogen-bond donors (Lipinski definition) is 2. The minimum absolute atomic E-state index is 0.0995. The Balaban J connectivity index is 1.68. The maximum absolute atomic E-state index is 14.4. The van der Waals surface area contributed by atoms with Gasteiger partial charge in [0.05, 0.1) is 42.1 Å². The average molecular weight is 689 g/mol. The number of pyridine rings is 1. The maximum atomic E-state index is 14.4. The fourth-order valence-corrected chi connectivity index (χ4v) is 6.16. The van der Waals surface area contributed by atoms with E-state index >= 15 is 0 Å². The highest BCUT2D eigenvalue weighted by molar-refractivity contribution is 7.99. The van der Waals surface area contributed by atoms with Crippen molar-refractivity contribution in [2.75, 3.05) is 24.9 Å². The van der Waals surface area contributed by atoms with Gasteiger partial charge in [-0.15, -0.1) is 0 Å². The number of anilines is 2. The summed E-state index contributed by atoms with van der Waals surface area (Å²) < 4.78 is 12.4. The number of nitrogens with zero attached hydrogens (tertiary/aromatic N) is 3. The van der Waals surface area contributed by atoms with Crippen LogP contribution in [-0.2, 0) is 16.1 Å². The van der Waals surface area contributed by atoms with E-state index in [0.29, 0.717) is 32.5 Å². The number of carbonyl (C=O) groups is 2. The van der Waals surface area contributed by atoms with E-state index in [0.717, 1.165) is 5.56 Å². The zero-order valence-electron chi connectivity index (χ0n) is 25.2. The van der Waals surface area contributed by atoms with Crippen LogP contribution in [0.15, 0.2) is 107 Å². The second kappa shape index (κ2) is 14.5. The number of halogens is 2. The first-order chi connectivity index (χ1) is 22.7. The van der Waals surface area contributed by atoms with Crippen molar-refractivity contribution in [3.8, 4) is 22.6 Å². The van der Waals surface area contributed by atoms with Crippen LogP contribution in [0, 0.1) is 0 Å². The van der Waals surface area contributed by atoms with Gasteiger partial charge in [0.25, 0.3) is 5.56 Å². The topological polar surface area (TPSA) is 124 Å². The molecule has 3 aromatic carbocycles. The van der Waals surface area contributed by atoms with Crippen molar-refractivity contribution in [3.05, 3.63) is 118 Å². The number of methoxy groups -OCH3 is 2. The van der Waals surface area contributed by atoms with E-state index in [-0.39, 0.29) is 51.0 Å². The van der Waals surface area contributed by atoms with Gasteiger partial charge in [-0.3, -0.25) is 19.0 Å². The summed E-state index contributed by atoms with van der Waals surface area (Å²) >= 11 is 14.7. The van der Waals surface area contributed by atoms with E-state index in [2.05, 4.69) is 28.8 Å². The van der Waals surface area contributed by atoms with Crippen LogP contribution in [-0.4, -0.2) is 40.6 Å². The Morgan fingerprint density at radius 2 is 1.57 bits per heavy atom. The number of nitrogens with one attached hydrogen (secondary N) is 2. The maximum Gasteiger partial charge on any atom is 0.260 e. The van der Waals surface area contributed by atoms with E-state index in [1.807, 2.05) is 12.1 Å². The van der Waals surface area contributed by atoms with Gasteiger partial charge in [-0.1, -0.05) is 60.6 Å². The fraction of sp³-hybridized carbons (Fsp3) is 0.0882. The Morgan fingerprint density at radius 3 is 2.21 bits per heavy atom. The van der Waals surface area contributed by atoms with Gasteiger partial charge in [0.2, 0.25) is 11.8 Å². The first-order valence-corrected chi connectivity index (χ1v) is 15.5. The van der Waals surface area contributed by atoms with Crippen LogP contribution in [0.5, 0.6) is 11.5 Å². The summed E-state index contributed by atoms with van der Waals surface area (Å²) in [7, 11) is 2.90. The molecule has 2 aromatic heterocycles. The number of aromatic nitrogens is 3. The van der Waals surface area contributed by atoms with Crippen molar-refractivity contribution < 1.29 is 19.1 Å². The van der Waals surface area contributed by atoms with E-state index in [1.54, 1.807) is 54.7 Å². The number of para-hydroxylation sites is 1. The number of carbonyl (C=O) groups excluding carboxylic acids is 2. The van der Waals surface area contributed by atoms with Gasteiger partial charge in [-0.2, -0.15) is 0 Å². The van der Waals surface area contributed by atoms with Crippen LogP contribution in [0.1, 0.15) is 5.56 Å². The molecule has 47 heavy (non-hydrogen) atoms. The van der Waals surface area contributed by atoms with Crippen LogP contribution in [0.2, 0.25) is 10.0 Å². The molecule has 2 heterocycles. The molecule has 2 amide bonds. The molecule has 13 heteroatoms. The van der Waals surface area contributed by atoms with Gasteiger partial charge in [0.1, 0.15) is 17.1 Å². The molecule has 0 aliphatic rings. The average Bonchev–Trinajstić information content (AvgIpc) is 3.08. The highest BCUT2D eigenvalue weighted by Crippen LogP contribution is 2.45. The Kier molecular flexibility index (Phi) is 10.3. The quantitative estimate of drug-likeness (QED) is 0.110. The lowest BCUT2D eigenvalue weighted by atomic mass is 10.0. The molecule has 0 aliphatic heterocycles. The minimum Gasteiger partial charge on any atom is -0.495 e. The second-order valence-electron chi connectivity index (χ2n) is 9.85. The van der Waals surface area contributed by atoms with Crippen LogP contribution in [0.4, 0.5) is 11.4 Å². The zero-order valence-corrected chi connectivity index (χ0v) is 27.5. The normalized spacial score (nSPS) is 10.7. The van der Waals surface area contributed by atoms with Crippen molar-refractivity contribution in [2.45, 2.75) is 16.6 Å². The molecular weight excluding hydrogens is 661 g/mol. The van der Waals surface area contributed by atoms with Crippen molar-refractivity contribution in [1.82, 2.24) is 14.5 Å². The molecule has 2 N–H and O–H groups in total. The first kappa shape index (κ1) is 33.3. The number of rotatable bonds is 11. The number of amides is 2. The van der Waals surface area contributed by atoms with Gasteiger partial charge in [-0.05, 0) is 59.8 Å². The van der Waals surface area contributed by atoms with Gasteiger partial charge < -0.3 is 20.1 Å². The Hall–Kier alpha value is -5.10. The number of hydrogen-bond acceptors (Lipinski definition) is 8. The largest absolute Gasteiger partial charge is 0.495 e. The summed E-state index contributed by atoms with van der Waals surface area (Å²) in [6.07, 6.45) is 3.96. The van der Waals surface area contributed by atoms with Crippen molar-refractivity contribution in [3.63, 3.8) is 0 Å². The molecular formula is C34H27Cl2N5O5S. The number of ether oxygens (including phenoxy) is 2. The summed E-state index contributed by atoms with van der Waals surface area (Å²) in [4.78, 5) is 48.2. The van der Waals surface area contributed by atoms with Crippen LogP contribution < -0.4 is 25.7 Å². The van der Waals surface area contributed by atoms with Crippen molar-refractivity contribution in [1.29, 1.82) is 0 Å². The lowest BCUT2D eigenvalue weighted by Crippen LogP contribution is -2.24. The van der Waals surface area contributed by atoms with Gasteiger partial charge >= 0.3 is 0 Å².